The third-order valence-electron chi connectivity index (χ3n) is 3.93. The Kier molecular flexibility index (Phi) is 3.80. The number of aromatic nitrogens is 2. The van der Waals surface area contributed by atoms with Crippen LogP contribution < -0.4 is 10.6 Å². The van der Waals surface area contributed by atoms with Gasteiger partial charge in [-0.1, -0.05) is 13.8 Å². The van der Waals surface area contributed by atoms with E-state index in [4.69, 9.17) is 5.73 Å². The fourth-order valence-corrected chi connectivity index (χ4v) is 2.88. The van der Waals surface area contributed by atoms with Crippen molar-refractivity contribution in [3.63, 3.8) is 0 Å². The van der Waals surface area contributed by atoms with Gasteiger partial charge in [0.25, 0.3) is 0 Å². The Balaban J connectivity index is 2.20. The third kappa shape index (κ3) is 2.19. The maximum absolute atomic E-state index is 6.22. The summed E-state index contributed by atoms with van der Waals surface area (Å²) in [5.74, 6) is 1.09. The molecule has 5 heteroatoms. The van der Waals surface area contributed by atoms with Gasteiger partial charge in [-0.15, -0.1) is 0 Å². The van der Waals surface area contributed by atoms with Crippen molar-refractivity contribution >= 4 is 11.5 Å². The van der Waals surface area contributed by atoms with Crippen LogP contribution in [-0.2, 0) is 13.5 Å². The lowest BCUT2D eigenvalue weighted by Crippen LogP contribution is -2.52. The molecule has 1 aromatic rings. The number of anilines is 2. The van der Waals surface area contributed by atoms with Gasteiger partial charge in [0.1, 0.15) is 0 Å². The van der Waals surface area contributed by atoms with Crippen LogP contribution in [0.15, 0.2) is 0 Å². The van der Waals surface area contributed by atoms with Crippen molar-refractivity contribution < 1.29 is 0 Å². The number of nitrogen functional groups attached to an aromatic ring is 1. The molecule has 0 spiro atoms. The molecule has 1 aliphatic heterocycles. The lowest BCUT2D eigenvalue weighted by Gasteiger charge is -2.40. The molecule has 0 aromatic carbocycles. The van der Waals surface area contributed by atoms with Crippen LogP contribution in [-0.4, -0.2) is 46.9 Å². The Labute approximate surface area is 110 Å². The highest BCUT2D eigenvalue weighted by Crippen LogP contribution is 2.28. The summed E-state index contributed by atoms with van der Waals surface area (Å²) in [5.41, 5.74) is 8.09. The number of hydrogen-bond acceptors (Lipinski definition) is 4. The third-order valence-corrected chi connectivity index (χ3v) is 3.93. The number of nitrogens with zero attached hydrogens (tertiary/aromatic N) is 4. The molecule has 0 amide bonds. The fraction of sp³-hybridized carbons (Fsp3) is 0.769. The molecule has 1 aliphatic rings. The molecule has 102 valence electrons. The zero-order valence-corrected chi connectivity index (χ0v) is 12.0. The van der Waals surface area contributed by atoms with E-state index in [0.717, 1.165) is 49.8 Å². The molecule has 0 bridgehead atoms. The van der Waals surface area contributed by atoms with Crippen LogP contribution in [0.4, 0.5) is 11.5 Å². The molecule has 1 unspecified atom stereocenters. The van der Waals surface area contributed by atoms with E-state index in [0.29, 0.717) is 6.04 Å². The molecule has 0 saturated carbocycles. The van der Waals surface area contributed by atoms with E-state index in [2.05, 4.69) is 35.7 Å². The Morgan fingerprint density at radius 2 is 2.06 bits per heavy atom. The number of aryl methyl sites for hydroxylation is 2. The van der Waals surface area contributed by atoms with Gasteiger partial charge in [-0.2, -0.15) is 5.10 Å². The van der Waals surface area contributed by atoms with Crippen LogP contribution in [0.25, 0.3) is 0 Å². The maximum Gasteiger partial charge on any atom is 0.150 e. The van der Waals surface area contributed by atoms with Gasteiger partial charge in [0.15, 0.2) is 5.82 Å². The lowest BCUT2D eigenvalue weighted by atomic mass is 10.2. The van der Waals surface area contributed by atoms with Crippen LogP contribution in [0.5, 0.6) is 0 Å². The van der Waals surface area contributed by atoms with Crippen LogP contribution in [0.3, 0.4) is 0 Å². The molecule has 1 atom stereocenters. The number of hydrogen-bond donors (Lipinski definition) is 1. The zero-order valence-electron chi connectivity index (χ0n) is 12.0. The lowest BCUT2D eigenvalue weighted by molar-refractivity contribution is 0.198. The number of nitrogens with two attached hydrogens (primary N) is 1. The average molecular weight is 251 g/mol. The Hall–Kier alpha value is -1.23. The molecular formula is C13H25N5. The minimum Gasteiger partial charge on any atom is -0.394 e. The van der Waals surface area contributed by atoms with Crippen molar-refractivity contribution in [2.45, 2.75) is 33.2 Å². The first kappa shape index (κ1) is 13.2. The van der Waals surface area contributed by atoms with Gasteiger partial charge in [0, 0.05) is 32.7 Å². The maximum atomic E-state index is 6.22. The van der Waals surface area contributed by atoms with Crippen molar-refractivity contribution in [1.29, 1.82) is 0 Å². The molecule has 0 aliphatic carbocycles. The first-order valence-electron chi connectivity index (χ1n) is 6.88. The highest BCUT2D eigenvalue weighted by Gasteiger charge is 2.26. The van der Waals surface area contributed by atoms with Gasteiger partial charge in [-0.25, -0.2) is 0 Å². The molecule has 2 heterocycles. The molecule has 2 rings (SSSR count). The van der Waals surface area contributed by atoms with E-state index in [1.807, 2.05) is 11.7 Å². The van der Waals surface area contributed by atoms with Crippen molar-refractivity contribution in [2.75, 3.05) is 36.8 Å². The molecule has 0 radical (unpaired) electrons. The molecule has 1 saturated heterocycles. The van der Waals surface area contributed by atoms with E-state index in [1.54, 1.807) is 0 Å². The van der Waals surface area contributed by atoms with Crippen molar-refractivity contribution in [3.05, 3.63) is 5.69 Å². The zero-order chi connectivity index (χ0) is 13.3. The van der Waals surface area contributed by atoms with Crippen LogP contribution in [0.2, 0.25) is 0 Å². The minimum atomic E-state index is 0.572. The quantitative estimate of drug-likeness (QED) is 0.874. The fourth-order valence-electron chi connectivity index (χ4n) is 2.88. The standard InChI is InChI=1S/C13H25N5/c1-5-11-12(14)13(16(4)15-11)18-8-7-17(6-2)10(3)9-18/h10H,5-9,14H2,1-4H3. The summed E-state index contributed by atoms with van der Waals surface area (Å²) in [6.45, 7) is 10.9. The first-order chi connectivity index (χ1) is 8.58. The van der Waals surface area contributed by atoms with Crippen molar-refractivity contribution in [2.24, 2.45) is 7.05 Å². The van der Waals surface area contributed by atoms with Gasteiger partial charge in [-0.3, -0.25) is 9.58 Å². The Morgan fingerprint density at radius 3 is 2.56 bits per heavy atom. The molecule has 18 heavy (non-hydrogen) atoms. The summed E-state index contributed by atoms with van der Waals surface area (Å²) in [5, 5.41) is 4.50. The van der Waals surface area contributed by atoms with Gasteiger partial charge in [0.2, 0.25) is 0 Å². The number of rotatable bonds is 3. The van der Waals surface area contributed by atoms with Crippen LogP contribution in [0.1, 0.15) is 26.5 Å². The summed E-state index contributed by atoms with van der Waals surface area (Å²) < 4.78 is 1.93. The molecule has 1 aromatic heterocycles. The minimum absolute atomic E-state index is 0.572. The van der Waals surface area contributed by atoms with Gasteiger partial charge >= 0.3 is 0 Å². The molecule has 1 fully saturated rings. The Morgan fingerprint density at radius 1 is 1.33 bits per heavy atom. The first-order valence-corrected chi connectivity index (χ1v) is 6.88. The second-order valence-corrected chi connectivity index (χ2v) is 5.08. The van der Waals surface area contributed by atoms with Crippen molar-refractivity contribution in [3.8, 4) is 0 Å². The number of likely N-dealkylation sites (N-methyl/N-ethyl adjacent to an activating group) is 1. The Bertz CT molecular complexity index is 412. The number of piperazine rings is 1. The summed E-state index contributed by atoms with van der Waals surface area (Å²) in [6, 6.07) is 0.572. The summed E-state index contributed by atoms with van der Waals surface area (Å²) in [6.07, 6.45) is 0.893. The topological polar surface area (TPSA) is 50.3 Å². The van der Waals surface area contributed by atoms with E-state index < -0.39 is 0 Å². The van der Waals surface area contributed by atoms with Crippen LogP contribution >= 0.6 is 0 Å². The van der Waals surface area contributed by atoms with E-state index >= 15 is 0 Å². The second kappa shape index (κ2) is 5.18. The highest BCUT2D eigenvalue weighted by molar-refractivity contribution is 5.66. The van der Waals surface area contributed by atoms with Gasteiger partial charge in [-0.05, 0) is 19.9 Å². The monoisotopic (exact) mass is 251 g/mol. The largest absolute Gasteiger partial charge is 0.394 e. The predicted molar refractivity (Wildman–Crippen MR) is 75.9 cm³/mol. The smallest absolute Gasteiger partial charge is 0.150 e. The molecule has 2 N–H and O–H groups in total. The van der Waals surface area contributed by atoms with Crippen LogP contribution in [0, 0.1) is 0 Å². The van der Waals surface area contributed by atoms with E-state index in [9.17, 15) is 0 Å². The summed E-state index contributed by atoms with van der Waals surface area (Å²) in [4.78, 5) is 4.88. The van der Waals surface area contributed by atoms with E-state index in [-0.39, 0.29) is 0 Å². The normalized spacial score (nSPS) is 21.6. The van der Waals surface area contributed by atoms with Gasteiger partial charge in [0.05, 0.1) is 11.4 Å². The van der Waals surface area contributed by atoms with E-state index in [1.165, 1.54) is 0 Å². The highest BCUT2D eigenvalue weighted by atomic mass is 15.4. The van der Waals surface area contributed by atoms with Crippen molar-refractivity contribution in [1.82, 2.24) is 14.7 Å². The SMILES string of the molecule is CCc1nn(C)c(N2CCN(CC)C(C)C2)c1N. The second-order valence-electron chi connectivity index (χ2n) is 5.08. The predicted octanol–water partition coefficient (Wildman–Crippen LogP) is 1.10. The summed E-state index contributed by atoms with van der Waals surface area (Å²) >= 11 is 0. The molecular weight excluding hydrogens is 226 g/mol. The summed E-state index contributed by atoms with van der Waals surface area (Å²) in [7, 11) is 1.99. The van der Waals surface area contributed by atoms with Gasteiger partial charge < -0.3 is 10.6 Å². The molecule has 5 nitrogen and oxygen atoms in total. The average Bonchev–Trinajstić information content (AvgIpc) is 2.64.